The van der Waals surface area contributed by atoms with Gasteiger partial charge in [-0.05, 0) is 35.7 Å². The zero-order valence-electron chi connectivity index (χ0n) is 13.7. The third kappa shape index (κ3) is 4.19. The van der Waals surface area contributed by atoms with E-state index >= 15 is 0 Å². The average molecular weight is 326 g/mol. The van der Waals surface area contributed by atoms with Gasteiger partial charge >= 0.3 is 6.03 Å². The predicted molar refractivity (Wildman–Crippen MR) is 92.4 cm³/mol. The van der Waals surface area contributed by atoms with Gasteiger partial charge in [0.05, 0.1) is 13.7 Å². The number of para-hydroxylation sites is 1. The molecule has 2 aromatic rings. The first-order chi connectivity index (χ1) is 11.7. The maximum absolute atomic E-state index is 12.0. The molecule has 0 aliphatic carbocycles. The Morgan fingerprint density at radius 2 is 2.08 bits per heavy atom. The van der Waals surface area contributed by atoms with Gasteiger partial charge in [-0.2, -0.15) is 0 Å². The van der Waals surface area contributed by atoms with Crippen LogP contribution in [-0.2, 0) is 13.0 Å². The fourth-order valence-corrected chi connectivity index (χ4v) is 2.79. The van der Waals surface area contributed by atoms with Crippen LogP contribution in [0.1, 0.15) is 11.1 Å². The molecular formula is C19H22N2O3. The largest absolute Gasteiger partial charge is 0.497 e. The maximum Gasteiger partial charge on any atom is 0.315 e. The van der Waals surface area contributed by atoms with Crippen molar-refractivity contribution in [3.63, 3.8) is 0 Å². The fourth-order valence-electron chi connectivity index (χ4n) is 2.79. The van der Waals surface area contributed by atoms with E-state index in [-0.39, 0.29) is 6.03 Å². The number of methoxy groups -OCH3 is 1. The lowest BCUT2D eigenvalue weighted by Crippen LogP contribution is -2.40. The summed E-state index contributed by atoms with van der Waals surface area (Å²) < 4.78 is 10.9. The van der Waals surface area contributed by atoms with Crippen LogP contribution in [0.15, 0.2) is 48.5 Å². The summed E-state index contributed by atoms with van der Waals surface area (Å²) in [6.45, 7) is 1.69. The Labute approximate surface area is 142 Å². The lowest BCUT2D eigenvalue weighted by molar-refractivity contribution is 0.211. The molecule has 0 radical (unpaired) electrons. The van der Waals surface area contributed by atoms with Crippen molar-refractivity contribution in [2.75, 3.05) is 20.3 Å². The summed E-state index contributed by atoms with van der Waals surface area (Å²) in [7, 11) is 1.63. The number of ether oxygens (including phenoxy) is 2. The van der Waals surface area contributed by atoms with Crippen LogP contribution in [0.3, 0.4) is 0 Å². The van der Waals surface area contributed by atoms with Crippen LogP contribution in [0.2, 0.25) is 0 Å². The van der Waals surface area contributed by atoms with Crippen molar-refractivity contribution in [2.24, 2.45) is 5.92 Å². The molecule has 1 aliphatic rings. The lowest BCUT2D eigenvalue weighted by Gasteiger charge is -2.25. The number of rotatable bonds is 5. The molecule has 24 heavy (non-hydrogen) atoms. The van der Waals surface area contributed by atoms with E-state index in [9.17, 15) is 4.79 Å². The normalized spacial score (nSPS) is 15.8. The van der Waals surface area contributed by atoms with E-state index < -0.39 is 0 Å². The first-order valence-electron chi connectivity index (χ1n) is 8.10. The molecule has 2 N–H and O–H groups in total. The first kappa shape index (κ1) is 16.2. The van der Waals surface area contributed by atoms with E-state index in [4.69, 9.17) is 9.47 Å². The van der Waals surface area contributed by atoms with Crippen LogP contribution >= 0.6 is 0 Å². The minimum Gasteiger partial charge on any atom is -0.497 e. The number of hydrogen-bond donors (Lipinski definition) is 2. The maximum atomic E-state index is 12.0. The number of hydrogen-bond acceptors (Lipinski definition) is 3. The Kier molecular flexibility index (Phi) is 5.21. The highest BCUT2D eigenvalue weighted by Gasteiger charge is 2.19. The first-order valence-corrected chi connectivity index (χ1v) is 8.10. The second kappa shape index (κ2) is 7.73. The van der Waals surface area contributed by atoms with Gasteiger partial charge < -0.3 is 20.1 Å². The standard InChI is InChI=1S/C19H22N2O3/c1-23-17-7-4-5-14(10-17)11-20-19(22)21-12-15-9-16-6-2-3-8-18(16)24-13-15/h2-8,10,15H,9,11-13H2,1H3,(H2,20,21,22). The minimum atomic E-state index is -0.170. The monoisotopic (exact) mass is 326 g/mol. The molecule has 0 aromatic heterocycles. The number of benzene rings is 2. The lowest BCUT2D eigenvalue weighted by atomic mass is 9.97. The molecule has 0 bridgehead atoms. The van der Waals surface area contributed by atoms with Crippen LogP contribution in [0.5, 0.6) is 11.5 Å². The molecule has 126 valence electrons. The molecule has 0 saturated heterocycles. The molecule has 0 saturated carbocycles. The molecule has 1 unspecified atom stereocenters. The van der Waals surface area contributed by atoms with E-state index in [0.717, 1.165) is 23.5 Å². The van der Waals surface area contributed by atoms with Crippen molar-refractivity contribution in [1.29, 1.82) is 0 Å². The van der Waals surface area contributed by atoms with Crippen LogP contribution in [0, 0.1) is 5.92 Å². The van der Waals surface area contributed by atoms with Gasteiger partial charge in [-0.25, -0.2) is 4.79 Å². The van der Waals surface area contributed by atoms with Gasteiger partial charge in [0, 0.05) is 19.0 Å². The summed E-state index contributed by atoms with van der Waals surface area (Å²) >= 11 is 0. The van der Waals surface area contributed by atoms with E-state index in [1.165, 1.54) is 5.56 Å². The highest BCUT2D eigenvalue weighted by atomic mass is 16.5. The summed E-state index contributed by atoms with van der Waals surface area (Å²) in [5.41, 5.74) is 2.20. The number of amides is 2. The Morgan fingerprint density at radius 3 is 2.96 bits per heavy atom. The second-order valence-corrected chi connectivity index (χ2v) is 5.90. The fraction of sp³-hybridized carbons (Fsp3) is 0.316. The quantitative estimate of drug-likeness (QED) is 0.888. The molecule has 1 heterocycles. The highest BCUT2D eigenvalue weighted by molar-refractivity contribution is 5.73. The number of urea groups is 1. The smallest absolute Gasteiger partial charge is 0.315 e. The minimum absolute atomic E-state index is 0.170. The molecule has 3 rings (SSSR count). The van der Waals surface area contributed by atoms with E-state index in [2.05, 4.69) is 16.7 Å². The van der Waals surface area contributed by atoms with Gasteiger partial charge in [0.15, 0.2) is 0 Å². The van der Waals surface area contributed by atoms with Crippen LogP contribution < -0.4 is 20.1 Å². The van der Waals surface area contributed by atoms with Gasteiger partial charge in [0.25, 0.3) is 0 Å². The molecule has 1 atom stereocenters. The van der Waals surface area contributed by atoms with Gasteiger partial charge in [0.1, 0.15) is 11.5 Å². The van der Waals surface area contributed by atoms with Gasteiger partial charge in [-0.1, -0.05) is 30.3 Å². The van der Waals surface area contributed by atoms with Crippen molar-refractivity contribution in [1.82, 2.24) is 10.6 Å². The number of fused-ring (bicyclic) bond motifs is 1. The molecule has 2 aromatic carbocycles. The van der Waals surface area contributed by atoms with E-state index in [0.29, 0.717) is 25.6 Å². The molecule has 2 amide bonds. The Morgan fingerprint density at radius 1 is 1.21 bits per heavy atom. The van der Waals surface area contributed by atoms with Crippen LogP contribution in [0.25, 0.3) is 0 Å². The predicted octanol–water partition coefficient (Wildman–Crippen LogP) is 2.75. The highest BCUT2D eigenvalue weighted by Crippen LogP contribution is 2.26. The Bertz CT molecular complexity index is 703. The molecule has 5 heteroatoms. The van der Waals surface area contributed by atoms with E-state index in [1.807, 2.05) is 42.5 Å². The topological polar surface area (TPSA) is 59.6 Å². The Hall–Kier alpha value is -2.69. The van der Waals surface area contributed by atoms with Gasteiger partial charge in [0.2, 0.25) is 0 Å². The Balaban J connectivity index is 1.43. The summed E-state index contributed by atoms with van der Waals surface area (Å²) in [5.74, 6) is 2.03. The van der Waals surface area contributed by atoms with Crippen molar-refractivity contribution < 1.29 is 14.3 Å². The molecule has 1 aliphatic heterocycles. The number of carbonyl (C=O) groups excluding carboxylic acids is 1. The summed E-state index contributed by atoms with van der Waals surface area (Å²) in [6.07, 6.45) is 0.923. The van der Waals surface area contributed by atoms with E-state index in [1.54, 1.807) is 7.11 Å². The van der Waals surface area contributed by atoms with Crippen molar-refractivity contribution >= 4 is 6.03 Å². The number of carbonyl (C=O) groups is 1. The van der Waals surface area contributed by atoms with Crippen molar-refractivity contribution in [3.8, 4) is 11.5 Å². The molecule has 0 spiro atoms. The van der Waals surface area contributed by atoms with Crippen molar-refractivity contribution in [3.05, 3.63) is 59.7 Å². The van der Waals surface area contributed by atoms with Gasteiger partial charge in [-0.15, -0.1) is 0 Å². The van der Waals surface area contributed by atoms with Gasteiger partial charge in [-0.3, -0.25) is 0 Å². The van der Waals surface area contributed by atoms with Crippen LogP contribution in [0.4, 0.5) is 4.79 Å². The molecule has 5 nitrogen and oxygen atoms in total. The third-order valence-corrected chi connectivity index (χ3v) is 4.09. The zero-order chi connectivity index (χ0) is 16.8. The number of nitrogens with one attached hydrogen (secondary N) is 2. The van der Waals surface area contributed by atoms with Crippen LogP contribution in [-0.4, -0.2) is 26.3 Å². The summed E-state index contributed by atoms with van der Waals surface area (Å²) in [4.78, 5) is 12.0. The third-order valence-electron chi connectivity index (χ3n) is 4.09. The SMILES string of the molecule is COc1cccc(CNC(=O)NCC2COc3ccccc3C2)c1. The average Bonchev–Trinajstić information content (AvgIpc) is 2.64. The van der Waals surface area contributed by atoms with Crippen molar-refractivity contribution in [2.45, 2.75) is 13.0 Å². The second-order valence-electron chi connectivity index (χ2n) is 5.90. The molecule has 0 fully saturated rings. The summed E-state index contributed by atoms with van der Waals surface area (Å²) in [6, 6.07) is 15.5. The summed E-state index contributed by atoms with van der Waals surface area (Å²) in [5, 5.41) is 5.78. The zero-order valence-corrected chi connectivity index (χ0v) is 13.7. The molecular weight excluding hydrogens is 304 g/mol.